The van der Waals surface area contributed by atoms with Crippen molar-refractivity contribution in [1.82, 2.24) is 5.01 Å². The van der Waals surface area contributed by atoms with Gasteiger partial charge in [-0.1, -0.05) is 0 Å². The fourth-order valence-electron chi connectivity index (χ4n) is 2.87. The Kier molecular flexibility index (Phi) is 3.46. The van der Waals surface area contributed by atoms with Crippen molar-refractivity contribution >= 4 is 6.09 Å². The van der Waals surface area contributed by atoms with Gasteiger partial charge < -0.3 is 4.74 Å². The lowest BCUT2D eigenvalue weighted by atomic mass is 10.2. The Morgan fingerprint density at radius 2 is 1.59 bits per heavy atom. The van der Waals surface area contributed by atoms with E-state index in [0.717, 1.165) is 39.0 Å². The van der Waals surface area contributed by atoms with Gasteiger partial charge in [0.25, 0.3) is 0 Å². The minimum atomic E-state index is -0.384. The Balaban J connectivity index is 2.13. The molecule has 2 heterocycles. The molecule has 2 rings (SSSR count). The second-order valence-electron chi connectivity index (χ2n) is 6.22. The van der Waals surface area contributed by atoms with Gasteiger partial charge in [-0.3, -0.25) is 0 Å². The van der Waals surface area contributed by atoms with E-state index in [9.17, 15) is 4.79 Å². The van der Waals surface area contributed by atoms with Gasteiger partial charge >= 0.3 is 6.09 Å². The molecule has 0 aromatic rings. The summed E-state index contributed by atoms with van der Waals surface area (Å²) >= 11 is 0. The van der Waals surface area contributed by atoms with Crippen molar-refractivity contribution in [2.45, 2.75) is 52.1 Å². The largest absolute Gasteiger partial charge is 0.536 e. The van der Waals surface area contributed by atoms with Crippen molar-refractivity contribution < 1.29 is 14.1 Å². The van der Waals surface area contributed by atoms with Crippen molar-refractivity contribution in [1.29, 1.82) is 0 Å². The summed E-state index contributed by atoms with van der Waals surface area (Å²) in [5, 5.41) is 2.32. The molecule has 1 amide bonds. The molecule has 0 aromatic heterocycles. The molecule has 2 fully saturated rings. The lowest BCUT2D eigenvalue weighted by Gasteiger charge is -2.38. The number of amides is 1. The summed E-state index contributed by atoms with van der Waals surface area (Å²) in [6.45, 7) is 9.77. The summed E-state index contributed by atoms with van der Waals surface area (Å²) in [5.74, 6) is 0. The number of nitrogens with zero attached hydrogens (tertiary/aromatic N) is 2. The molecule has 0 aromatic carbocycles. The van der Waals surface area contributed by atoms with Crippen LogP contribution < -0.4 is 0 Å². The molecule has 0 N–H and O–H groups in total. The number of carbonyl (C=O) groups is 1. The van der Waals surface area contributed by atoms with Gasteiger partial charge in [0.1, 0.15) is 18.7 Å². The zero-order valence-corrected chi connectivity index (χ0v) is 11.4. The quantitative estimate of drug-likeness (QED) is 0.661. The van der Waals surface area contributed by atoms with E-state index in [-0.39, 0.29) is 11.7 Å². The first-order chi connectivity index (χ1) is 7.94. The molecular weight excluding hydrogens is 216 g/mol. The van der Waals surface area contributed by atoms with Crippen LogP contribution in [0.2, 0.25) is 0 Å². The summed E-state index contributed by atoms with van der Waals surface area (Å²) in [6.07, 6.45) is 4.65. The number of quaternary nitrogens is 1. The number of carbonyl (C=O) groups excluding carboxylic acids is 1. The van der Waals surface area contributed by atoms with E-state index in [2.05, 4.69) is 5.01 Å². The number of rotatable bonds is 1. The average molecular weight is 241 g/mol. The summed E-state index contributed by atoms with van der Waals surface area (Å²) in [4.78, 5) is 12.5. The van der Waals surface area contributed by atoms with Crippen molar-refractivity contribution in [2.75, 3.05) is 26.2 Å². The molecule has 17 heavy (non-hydrogen) atoms. The molecule has 0 spiro atoms. The van der Waals surface area contributed by atoms with Gasteiger partial charge in [0.2, 0.25) is 0 Å². The summed E-state index contributed by atoms with van der Waals surface area (Å²) in [6, 6.07) is 0. The lowest BCUT2D eigenvalue weighted by molar-refractivity contribution is -0.960. The van der Waals surface area contributed by atoms with Gasteiger partial charge in [0, 0.05) is 25.9 Å². The number of likely N-dealkylation sites (tertiary alicyclic amines) is 1. The highest BCUT2D eigenvalue weighted by molar-refractivity contribution is 5.60. The molecule has 0 saturated carbocycles. The molecule has 0 radical (unpaired) electrons. The van der Waals surface area contributed by atoms with Crippen LogP contribution in [-0.2, 0) is 4.74 Å². The van der Waals surface area contributed by atoms with Gasteiger partial charge in [0.05, 0.1) is 0 Å². The Morgan fingerprint density at radius 1 is 1.06 bits per heavy atom. The van der Waals surface area contributed by atoms with Crippen LogP contribution in [0.4, 0.5) is 4.79 Å². The van der Waals surface area contributed by atoms with Crippen LogP contribution >= 0.6 is 0 Å². The fourth-order valence-corrected chi connectivity index (χ4v) is 2.87. The van der Waals surface area contributed by atoms with Crippen LogP contribution in [0.25, 0.3) is 0 Å². The van der Waals surface area contributed by atoms with Gasteiger partial charge in [-0.2, -0.15) is 4.79 Å². The Hall–Kier alpha value is -0.610. The van der Waals surface area contributed by atoms with Gasteiger partial charge in [-0.25, -0.2) is 0 Å². The van der Waals surface area contributed by atoms with E-state index in [1.54, 1.807) is 0 Å². The van der Waals surface area contributed by atoms with Crippen LogP contribution in [0.5, 0.6) is 0 Å². The predicted octanol–water partition coefficient (Wildman–Crippen LogP) is 2.54. The van der Waals surface area contributed by atoms with Crippen molar-refractivity contribution in [3.63, 3.8) is 0 Å². The first-order valence-electron chi connectivity index (χ1n) is 6.80. The van der Waals surface area contributed by atoms with E-state index in [0.29, 0.717) is 4.59 Å². The van der Waals surface area contributed by atoms with Crippen LogP contribution in [0, 0.1) is 0 Å². The summed E-state index contributed by atoms with van der Waals surface area (Å²) in [5.41, 5.74) is -0.384. The number of ether oxygens (including phenoxy) is 1. The molecule has 2 aliphatic rings. The molecular formula is C13H25N2O2+. The zero-order valence-electron chi connectivity index (χ0n) is 11.4. The van der Waals surface area contributed by atoms with Crippen LogP contribution in [0.1, 0.15) is 46.5 Å². The topological polar surface area (TPSA) is 29.5 Å². The maximum Gasteiger partial charge on any atom is 0.536 e. The molecule has 4 heteroatoms. The van der Waals surface area contributed by atoms with E-state index >= 15 is 0 Å². The fraction of sp³-hybridized carbons (Fsp3) is 0.923. The third-order valence-corrected chi connectivity index (χ3v) is 3.66. The normalized spacial score (nSPS) is 25.1. The highest BCUT2D eigenvalue weighted by atomic mass is 16.6. The summed E-state index contributed by atoms with van der Waals surface area (Å²) in [7, 11) is 0. The Labute approximate surface area is 104 Å². The zero-order chi connectivity index (χ0) is 12.5. The second kappa shape index (κ2) is 4.58. The molecule has 0 aliphatic carbocycles. The van der Waals surface area contributed by atoms with E-state index in [1.807, 2.05) is 20.8 Å². The Morgan fingerprint density at radius 3 is 2.06 bits per heavy atom. The SMILES string of the molecule is CC(C)(C)OC(=O)[N+]1(N2CCCC2)CCCC1. The molecule has 2 saturated heterocycles. The van der Waals surface area contributed by atoms with Gasteiger partial charge in [-0.15, -0.1) is 9.60 Å². The van der Waals surface area contributed by atoms with Crippen LogP contribution in [0.3, 0.4) is 0 Å². The predicted molar refractivity (Wildman–Crippen MR) is 66.3 cm³/mol. The van der Waals surface area contributed by atoms with Crippen LogP contribution in [0.15, 0.2) is 0 Å². The van der Waals surface area contributed by atoms with Crippen LogP contribution in [-0.4, -0.2) is 47.5 Å². The minimum Gasteiger partial charge on any atom is -0.413 e. The monoisotopic (exact) mass is 241 g/mol. The van der Waals surface area contributed by atoms with E-state index in [4.69, 9.17) is 4.74 Å². The molecule has 0 unspecified atom stereocenters. The number of hydrogen-bond donors (Lipinski definition) is 0. The smallest absolute Gasteiger partial charge is 0.413 e. The van der Waals surface area contributed by atoms with Gasteiger partial charge in [0.15, 0.2) is 0 Å². The van der Waals surface area contributed by atoms with Crippen molar-refractivity contribution in [3.05, 3.63) is 0 Å². The molecule has 0 atom stereocenters. The molecule has 0 bridgehead atoms. The lowest BCUT2D eigenvalue weighted by Crippen LogP contribution is -2.62. The van der Waals surface area contributed by atoms with Gasteiger partial charge in [-0.05, 0) is 33.6 Å². The third-order valence-electron chi connectivity index (χ3n) is 3.66. The third kappa shape index (κ3) is 2.63. The maximum atomic E-state index is 12.5. The highest BCUT2D eigenvalue weighted by Gasteiger charge is 2.49. The van der Waals surface area contributed by atoms with Crippen molar-refractivity contribution in [2.24, 2.45) is 0 Å². The van der Waals surface area contributed by atoms with E-state index < -0.39 is 0 Å². The Bertz CT molecular complexity index is 284. The average Bonchev–Trinajstić information content (AvgIpc) is 2.87. The minimum absolute atomic E-state index is 0.0445. The first-order valence-corrected chi connectivity index (χ1v) is 6.80. The standard InChI is InChI=1S/C13H25N2O2/c1-13(2,3)17-12(16)15(10-6-7-11-15)14-8-4-5-9-14/h4-11H2,1-3H3/q+1. The molecule has 2 aliphatic heterocycles. The second-order valence-corrected chi connectivity index (χ2v) is 6.22. The summed E-state index contributed by atoms with van der Waals surface area (Å²) < 4.78 is 6.08. The molecule has 98 valence electrons. The number of hydrogen-bond acceptors (Lipinski definition) is 3. The van der Waals surface area contributed by atoms with Crippen molar-refractivity contribution in [3.8, 4) is 0 Å². The van der Waals surface area contributed by atoms with E-state index in [1.165, 1.54) is 12.8 Å². The first kappa shape index (κ1) is 12.8. The molecule has 4 nitrogen and oxygen atoms in total. The maximum absolute atomic E-state index is 12.5. The highest BCUT2D eigenvalue weighted by Crippen LogP contribution is 2.29.